The fraction of sp³-hybridized carbons (Fsp3) is 0.375. The lowest BCUT2D eigenvalue weighted by molar-refractivity contribution is -0.385. The SMILES string of the molecule is Cc1c([N+](=O)[O-])cc(CN)nc1OC(F)(F)F. The summed E-state index contributed by atoms with van der Waals surface area (Å²) in [5.74, 6) is -0.854. The maximum absolute atomic E-state index is 12.0. The Kier molecular flexibility index (Phi) is 3.51. The van der Waals surface area contributed by atoms with Crippen molar-refractivity contribution in [2.45, 2.75) is 19.8 Å². The lowest BCUT2D eigenvalue weighted by atomic mass is 10.2. The molecule has 17 heavy (non-hydrogen) atoms. The van der Waals surface area contributed by atoms with E-state index in [0.29, 0.717) is 0 Å². The van der Waals surface area contributed by atoms with E-state index in [2.05, 4.69) is 9.72 Å². The molecule has 0 atom stereocenters. The van der Waals surface area contributed by atoms with Crippen LogP contribution in [0.5, 0.6) is 5.88 Å². The Morgan fingerprint density at radius 1 is 1.59 bits per heavy atom. The summed E-state index contributed by atoms with van der Waals surface area (Å²) in [5, 5.41) is 10.6. The van der Waals surface area contributed by atoms with Crippen molar-refractivity contribution in [3.05, 3.63) is 27.4 Å². The molecular weight excluding hydrogens is 243 g/mol. The van der Waals surface area contributed by atoms with Gasteiger partial charge in [0, 0.05) is 12.6 Å². The van der Waals surface area contributed by atoms with Gasteiger partial charge < -0.3 is 10.5 Å². The first-order valence-electron chi connectivity index (χ1n) is 4.35. The summed E-state index contributed by atoms with van der Waals surface area (Å²) >= 11 is 0. The molecule has 0 saturated carbocycles. The van der Waals surface area contributed by atoms with Crippen LogP contribution in [0.1, 0.15) is 11.3 Å². The van der Waals surface area contributed by atoms with Gasteiger partial charge in [0.15, 0.2) is 0 Å². The second-order valence-corrected chi connectivity index (χ2v) is 3.07. The van der Waals surface area contributed by atoms with Crippen molar-refractivity contribution in [2.24, 2.45) is 5.73 Å². The van der Waals surface area contributed by atoms with Gasteiger partial charge >= 0.3 is 6.36 Å². The van der Waals surface area contributed by atoms with Crippen LogP contribution in [-0.4, -0.2) is 16.3 Å². The Balaban J connectivity index is 3.29. The largest absolute Gasteiger partial charge is 0.574 e. The molecule has 1 heterocycles. The zero-order valence-corrected chi connectivity index (χ0v) is 8.61. The number of hydrogen-bond acceptors (Lipinski definition) is 5. The van der Waals surface area contributed by atoms with Gasteiger partial charge in [0.1, 0.15) is 0 Å². The van der Waals surface area contributed by atoms with Gasteiger partial charge in [0.05, 0.1) is 16.2 Å². The molecule has 6 nitrogen and oxygen atoms in total. The van der Waals surface area contributed by atoms with Crippen LogP contribution in [0, 0.1) is 17.0 Å². The monoisotopic (exact) mass is 251 g/mol. The van der Waals surface area contributed by atoms with Crippen LogP contribution in [-0.2, 0) is 6.54 Å². The molecule has 0 saturated heterocycles. The first-order chi connectivity index (χ1) is 7.74. The van der Waals surface area contributed by atoms with Gasteiger partial charge in [-0.2, -0.15) is 0 Å². The van der Waals surface area contributed by atoms with E-state index in [4.69, 9.17) is 5.73 Å². The number of pyridine rings is 1. The molecule has 0 spiro atoms. The number of halogens is 3. The van der Waals surface area contributed by atoms with E-state index in [1.54, 1.807) is 0 Å². The number of aromatic nitrogens is 1. The highest BCUT2D eigenvalue weighted by Gasteiger charge is 2.34. The lowest BCUT2D eigenvalue weighted by Gasteiger charge is -2.11. The van der Waals surface area contributed by atoms with E-state index in [1.165, 1.54) is 0 Å². The molecule has 1 aromatic rings. The quantitative estimate of drug-likeness (QED) is 0.651. The average molecular weight is 251 g/mol. The first-order valence-corrected chi connectivity index (χ1v) is 4.35. The number of nitro groups is 1. The minimum Gasteiger partial charge on any atom is -0.387 e. The van der Waals surface area contributed by atoms with Crippen LogP contribution in [0.25, 0.3) is 0 Å². The number of rotatable bonds is 3. The highest BCUT2D eigenvalue weighted by molar-refractivity contribution is 5.46. The molecule has 0 amide bonds. The van der Waals surface area contributed by atoms with Crippen molar-refractivity contribution in [3.63, 3.8) is 0 Å². The van der Waals surface area contributed by atoms with Gasteiger partial charge in [0.25, 0.3) is 5.69 Å². The summed E-state index contributed by atoms with van der Waals surface area (Å²) in [5.41, 5.74) is 4.31. The third kappa shape index (κ3) is 3.28. The Hall–Kier alpha value is -1.90. The third-order valence-corrected chi connectivity index (χ3v) is 1.87. The molecule has 0 aliphatic carbocycles. The summed E-state index contributed by atoms with van der Waals surface area (Å²) < 4.78 is 39.7. The van der Waals surface area contributed by atoms with E-state index >= 15 is 0 Å². The fourth-order valence-electron chi connectivity index (χ4n) is 1.13. The molecule has 1 rings (SSSR count). The minimum absolute atomic E-state index is 0.0541. The second kappa shape index (κ2) is 4.53. The molecule has 0 aromatic carbocycles. The zero-order valence-electron chi connectivity index (χ0n) is 8.61. The maximum Gasteiger partial charge on any atom is 0.574 e. The highest BCUT2D eigenvalue weighted by Crippen LogP contribution is 2.30. The molecule has 1 aromatic heterocycles. The van der Waals surface area contributed by atoms with Gasteiger partial charge in [-0.3, -0.25) is 10.1 Å². The number of nitrogens with two attached hydrogens (primary N) is 1. The van der Waals surface area contributed by atoms with Crippen molar-refractivity contribution in [1.29, 1.82) is 0 Å². The maximum atomic E-state index is 12.0. The topological polar surface area (TPSA) is 91.3 Å². The molecule has 94 valence electrons. The molecule has 0 bridgehead atoms. The number of alkyl halides is 3. The number of hydrogen-bond donors (Lipinski definition) is 1. The summed E-state index contributed by atoms with van der Waals surface area (Å²) in [4.78, 5) is 13.2. The van der Waals surface area contributed by atoms with Gasteiger partial charge in [-0.15, -0.1) is 13.2 Å². The van der Waals surface area contributed by atoms with E-state index in [1.807, 2.05) is 0 Å². The molecule has 0 aliphatic rings. The summed E-state index contributed by atoms with van der Waals surface area (Å²) in [7, 11) is 0. The molecule has 0 radical (unpaired) electrons. The fourth-order valence-corrected chi connectivity index (χ4v) is 1.13. The molecule has 2 N–H and O–H groups in total. The second-order valence-electron chi connectivity index (χ2n) is 3.07. The summed E-state index contributed by atoms with van der Waals surface area (Å²) in [6, 6.07) is 1.01. The third-order valence-electron chi connectivity index (χ3n) is 1.87. The van der Waals surface area contributed by atoms with E-state index in [0.717, 1.165) is 13.0 Å². The van der Waals surface area contributed by atoms with Crippen LogP contribution in [0.2, 0.25) is 0 Å². The van der Waals surface area contributed by atoms with Gasteiger partial charge in [-0.25, -0.2) is 4.98 Å². The van der Waals surface area contributed by atoms with Crippen molar-refractivity contribution < 1.29 is 22.8 Å². The van der Waals surface area contributed by atoms with Crippen LogP contribution in [0.4, 0.5) is 18.9 Å². The zero-order chi connectivity index (χ0) is 13.2. The minimum atomic E-state index is -4.96. The van der Waals surface area contributed by atoms with E-state index in [-0.39, 0.29) is 17.8 Å². The van der Waals surface area contributed by atoms with E-state index < -0.39 is 22.9 Å². The smallest absolute Gasteiger partial charge is 0.387 e. The first kappa shape index (κ1) is 13.2. The summed E-state index contributed by atoms with van der Waals surface area (Å²) in [6.45, 7) is 0.891. The average Bonchev–Trinajstić information content (AvgIpc) is 2.18. The normalized spacial score (nSPS) is 11.4. The molecular formula is C8H8F3N3O3. The van der Waals surface area contributed by atoms with Crippen molar-refractivity contribution in [2.75, 3.05) is 0 Å². The Labute approximate surface area is 93.3 Å². The number of ether oxygens (including phenoxy) is 1. The molecule has 9 heteroatoms. The van der Waals surface area contributed by atoms with Crippen molar-refractivity contribution in [1.82, 2.24) is 4.98 Å². The Morgan fingerprint density at radius 3 is 2.59 bits per heavy atom. The van der Waals surface area contributed by atoms with Gasteiger partial charge in [-0.1, -0.05) is 0 Å². The van der Waals surface area contributed by atoms with E-state index in [9.17, 15) is 23.3 Å². The van der Waals surface area contributed by atoms with Gasteiger partial charge in [-0.05, 0) is 6.92 Å². The van der Waals surface area contributed by atoms with Gasteiger partial charge in [0.2, 0.25) is 5.88 Å². The Morgan fingerprint density at radius 2 is 2.18 bits per heavy atom. The van der Waals surface area contributed by atoms with Crippen LogP contribution in [0.15, 0.2) is 6.07 Å². The predicted octanol–water partition coefficient (Wildman–Crippen LogP) is 1.66. The molecule has 0 aliphatic heterocycles. The number of nitrogens with zero attached hydrogens (tertiary/aromatic N) is 2. The molecule has 0 unspecified atom stereocenters. The molecule has 0 fully saturated rings. The van der Waals surface area contributed by atoms with Crippen LogP contribution in [0.3, 0.4) is 0 Å². The van der Waals surface area contributed by atoms with Crippen molar-refractivity contribution >= 4 is 5.69 Å². The van der Waals surface area contributed by atoms with Crippen LogP contribution < -0.4 is 10.5 Å². The van der Waals surface area contributed by atoms with Crippen molar-refractivity contribution in [3.8, 4) is 5.88 Å². The predicted molar refractivity (Wildman–Crippen MR) is 50.2 cm³/mol. The van der Waals surface area contributed by atoms with Crippen LogP contribution >= 0.6 is 0 Å². The Bertz CT molecular complexity index is 448. The lowest BCUT2D eigenvalue weighted by Crippen LogP contribution is -2.19. The summed E-state index contributed by atoms with van der Waals surface area (Å²) in [6.07, 6.45) is -4.96. The highest BCUT2D eigenvalue weighted by atomic mass is 19.4. The standard InChI is InChI=1S/C8H8F3N3O3/c1-4-6(14(15)16)2-5(3-12)13-7(4)17-8(9,10)11/h2H,3,12H2,1H3.